The van der Waals surface area contributed by atoms with Gasteiger partial charge in [0.25, 0.3) is 0 Å². The lowest BCUT2D eigenvalue weighted by atomic mass is 10.6. The summed E-state index contributed by atoms with van der Waals surface area (Å²) in [6.07, 6.45) is 6.08. The molecule has 0 aromatic heterocycles. The number of amides is 1. The summed E-state index contributed by atoms with van der Waals surface area (Å²) >= 11 is 0. The van der Waals surface area contributed by atoms with Gasteiger partial charge in [-0.25, -0.2) is 4.79 Å². The molecule has 0 bridgehead atoms. The van der Waals surface area contributed by atoms with Gasteiger partial charge in [0.15, 0.2) is 6.73 Å². The van der Waals surface area contributed by atoms with Crippen LogP contribution in [0, 0.1) is 0 Å². The van der Waals surface area contributed by atoms with Crippen LogP contribution in [0.4, 0.5) is 4.79 Å². The summed E-state index contributed by atoms with van der Waals surface area (Å²) in [6.45, 7) is 0.194. The zero-order valence-corrected chi connectivity index (χ0v) is 6.19. The van der Waals surface area contributed by atoms with Crippen molar-refractivity contribution >= 4 is 6.09 Å². The van der Waals surface area contributed by atoms with E-state index in [9.17, 15) is 4.79 Å². The van der Waals surface area contributed by atoms with Gasteiger partial charge in [-0.2, -0.15) is 0 Å². The topological polar surface area (TPSA) is 38.8 Å². The van der Waals surface area contributed by atoms with E-state index in [1.807, 2.05) is 0 Å². The molecule has 4 nitrogen and oxygen atoms in total. The number of nitrogens with zero attached hydrogens (tertiary/aromatic N) is 1. The van der Waals surface area contributed by atoms with Crippen molar-refractivity contribution in [2.75, 3.05) is 13.8 Å². The number of carbonyl (C=O) groups is 1. The summed E-state index contributed by atoms with van der Waals surface area (Å²) in [7, 11) is 1.33. The molecular weight excluding hydrogens is 146 g/mol. The first-order chi connectivity index (χ1) is 5.34. The van der Waals surface area contributed by atoms with Crippen LogP contribution in [0.3, 0.4) is 0 Å². The summed E-state index contributed by atoms with van der Waals surface area (Å²) in [5.41, 5.74) is 0. The highest BCUT2D eigenvalue weighted by Crippen LogP contribution is 1.99. The molecule has 1 aliphatic rings. The molecule has 0 saturated carbocycles. The number of hydrogen-bond acceptors (Lipinski definition) is 3. The van der Waals surface area contributed by atoms with Gasteiger partial charge in [-0.15, -0.1) is 0 Å². The smallest absolute Gasteiger partial charge is 0.416 e. The van der Waals surface area contributed by atoms with Crippen LogP contribution in [0.2, 0.25) is 0 Å². The summed E-state index contributed by atoms with van der Waals surface area (Å²) in [6, 6.07) is 0. The van der Waals surface area contributed by atoms with Crippen molar-refractivity contribution in [3.63, 3.8) is 0 Å². The average Bonchev–Trinajstić information content (AvgIpc) is 2.30. The Balaban J connectivity index is 2.53. The monoisotopic (exact) mass is 155 g/mol. The first-order valence-corrected chi connectivity index (χ1v) is 3.14. The van der Waals surface area contributed by atoms with Gasteiger partial charge in [-0.05, 0) is 12.2 Å². The van der Waals surface area contributed by atoms with Gasteiger partial charge in [0.1, 0.15) is 0 Å². The minimum absolute atomic E-state index is 0.194. The van der Waals surface area contributed by atoms with Gasteiger partial charge in [0.2, 0.25) is 0 Å². The van der Waals surface area contributed by atoms with E-state index in [1.54, 1.807) is 18.4 Å². The normalized spacial score (nSPS) is 15.5. The van der Waals surface area contributed by atoms with E-state index in [4.69, 9.17) is 4.74 Å². The summed E-state index contributed by atoms with van der Waals surface area (Å²) < 4.78 is 9.39. The highest BCUT2D eigenvalue weighted by atomic mass is 16.6. The van der Waals surface area contributed by atoms with Gasteiger partial charge < -0.3 is 9.47 Å². The molecule has 1 amide bonds. The predicted molar refractivity (Wildman–Crippen MR) is 38.5 cm³/mol. The van der Waals surface area contributed by atoms with Crippen LogP contribution < -0.4 is 0 Å². The van der Waals surface area contributed by atoms with E-state index in [0.717, 1.165) is 0 Å². The Morgan fingerprint density at radius 3 is 3.18 bits per heavy atom. The molecule has 0 spiro atoms. The molecule has 60 valence electrons. The molecule has 0 atom stereocenters. The fraction of sp³-hybridized carbons (Fsp3) is 0.286. The SMILES string of the molecule is COC(=O)N1C=CC=COC1. The maximum absolute atomic E-state index is 10.9. The second-order valence-corrected chi connectivity index (χ2v) is 1.91. The van der Waals surface area contributed by atoms with Gasteiger partial charge in [-0.3, -0.25) is 4.90 Å². The summed E-state index contributed by atoms with van der Waals surface area (Å²) in [5.74, 6) is 0. The van der Waals surface area contributed by atoms with E-state index in [-0.39, 0.29) is 6.73 Å². The Kier molecular flexibility index (Phi) is 2.54. The van der Waals surface area contributed by atoms with Crippen LogP contribution in [0.25, 0.3) is 0 Å². The third kappa shape index (κ3) is 2.00. The molecule has 11 heavy (non-hydrogen) atoms. The van der Waals surface area contributed by atoms with Crippen molar-refractivity contribution in [3.8, 4) is 0 Å². The van der Waals surface area contributed by atoms with Crippen LogP contribution in [-0.4, -0.2) is 24.8 Å². The highest BCUT2D eigenvalue weighted by molar-refractivity contribution is 5.68. The number of allylic oxidation sites excluding steroid dienone is 2. The van der Waals surface area contributed by atoms with E-state index in [2.05, 4.69) is 4.74 Å². The lowest BCUT2D eigenvalue weighted by Crippen LogP contribution is -2.26. The fourth-order valence-electron chi connectivity index (χ4n) is 0.652. The Morgan fingerprint density at radius 2 is 2.45 bits per heavy atom. The lowest BCUT2D eigenvalue weighted by molar-refractivity contribution is 0.0931. The van der Waals surface area contributed by atoms with Crippen LogP contribution >= 0.6 is 0 Å². The zero-order chi connectivity index (χ0) is 8.10. The van der Waals surface area contributed by atoms with E-state index in [0.29, 0.717) is 0 Å². The Labute approximate surface area is 64.7 Å². The molecule has 1 heterocycles. The average molecular weight is 155 g/mol. The number of rotatable bonds is 0. The van der Waals surface area contributed by atoms with Crippen molar-refractivity contribution in [1.82, 2.24) is 4.90 Å². The number of ether oxygens (including phenoxy) is 2. The van der Waals surface area contributed by atoms with Gasteiger partial charge >= 0.3 is 6.09 Å². The molecule has 0 unspecified atom stereocenters. The standard InChI is InChI=1S/C7H9NO3/c1-10-7(9)8-4-2-3-5-11-6-8/h2-5H,6H2,1H3. The quantitative estimate of drug-likeness (QED) is 0.525. The lowest BCUT2D eigenvalue weighted by Gasteiger charge is -2.13. The predicted octanol–water partition coefficient (Wildman–Crippen LogP) is 1.07. The molecule has 0 N–H and O–H groups in total. The number of methoxy groups -OCH3 is 1. The maximum atomic E-state index is 10.9. The van der Waals surface area contributed by atoms with Crippen LogP contribution in [0.15, 0.2) is 24.6 Å². The first kappa shape index (κ1) is 7.65. The van der Waals surface area contributed by atoms with Crippen molar-refractivity contribution in [2.24, 2.45) is 0 Å². The van der Waals surface area contributed by atoms with Gasteiger partial charge in [-0.1, -0.05) is 0 Å². The maximum Gasteiger partial charge on any atom is 0.416 e. The van der Waals surface area contributed by atoms with E-state index < -0.39 is 6.09 Å². The third-order valence-electron chi connectivity index (χ3n) is 1.17. The molecule has 0 saturated heterocycles. The Hall–Kier alpha value is -1.45. The molecule has 0 aliphatic carbocycles. The molecule has 0 fully saturated rings. The summed E-state index contributed by atoms with van der Waals surface area (Å²) in [5, 5.41) is 0. The molecule has 1 rings (SSSR count). The second kappa shape index (κ2) is 3.65. The number of hydrogen-bond donors (Lipinski definition) is 0. The molecular formula is C7H9NO3. The zero-order valence-electron chi connectivity index (χ0n) is 6.19. The van der Waals surface area contributed by atoms with Gasteiger partial charge in [0.05, 0.1) is 13.4 Å². The van der Waals surface area contributed by atoms with E-state index >= 15 is 0 Å². The van der Waals surface area contributed by atoms with Crippen molar-refractivity contribution in [3.05, 3.63) is 24.6 Å². The largest absolute Gasteiger partial charge is 0.480 e. The Morgan fingerprint density at radius 1 is 1.64 bits per heavy atom. The highest BCUT2D eigenvalue weighted by Gasteiger charge is 2.10. The molecule has 1 aliphatic heterocycles. The fourth-order valence-corrected chi connectivity index (χ4v) is 0.652. The molecule has 0 aromatic carbocycles. The van der Waals surface area contributed by atoms with Crippen LogP contribution in [0.1, 0.15) is 0 Å². The first-order valence-electron chi connectivity index (χ1n) is 3.14. The van der Waals surface area contributed by atoms with E-state index in [1.165, 1.54) is 18.3 Å². The second-order valence-electron chi connectivity index (χ2n) is 1.91. The van der Waals surface area contributed by atoms with Crippen molar-refractivity contribution in [1.29, 1.82) is 0 Å². The summed E-state index contributed by atoms with van der Waals surface area (Å²) in [4.78, 5) is 12.2. The molecule has 4 heteroatoms. The third-order valence-corrected chi connectivity index (χ3v) is 1.17. The molecule has 0 aromatic rings. The van der Waals surface area contributed by atoms with Crippen LogP contribution in [-0.2, 0) is 9.47 Å². The molecule has 0 radical (unpaired) electrons. The Bertz CT molecular complexity index is 198. The van der Waals surface area contributed by atoms with Crippen LogP contribution in [0.5, 0.6) is 0 Å². The van der Waals surface area contributed by atoms with Crippen molar-refractivity contribution < 1.29 is 14.3 Å². The minimum Gasteiger partial charge on any atom is -0.480 e. The number of carbonyl (C=O) groups excluding carboxylic acids is 1. The van der Waals surface area contributed by atoms with Crippen molar-refractivity contribution in [2.45, 2.75) is 0 Å². The van der Waals surface area contributed by atoms with Gasteiger partial charge in [0, 0.05) is 6.20 Å². The minimum atomic E-state index is -0.426.